The summed E-state index contributed by atoms with van der Waals surface area (Å²) in [5, 5.41) is 0.886. The van der Waals surface area contributed by atoms with Crippen LogP contribution in [0, 0.1) is 0 Å². The maximum absolute atomic E-state index is 13.7. The van der Waals surface area contributed by atoms with Gasteiger partial charge in [-0.15, -0.1) is 0 Å². The van der Waals surface area contributed by atoms with Crippen molar-refractivity contribution in [3.8, 4) is 17.2 Å². The number of pyridine rings is 1. The molecule has 4 aromatic rings. The lowest BCUT2D eigenvalue weighted by Crippen LogP contribution is -2.33. The Morgan fingerprint density at radius 1 is 0.818 bits per heavy atom. The van der Waals surface area contributed by atoms with Crippen LogP contribution in [0.5, 0.6) is 17.2 Å². The normalized spacial score (nSPS) is 10.6. The second kappa shape index (κ2) is 9.48. The van der Waals surface area contributed by atoms with E-state index in [1.165, 1.54) is 14.2 Å². The Labute approximate surface area is 191 Å². The molecule has 0 atom stereocenters. The van der Waals surface area contributed by atoms with Crippen LogP contribution in [0.2, 0.25) is 0 Å². The summed E-state index contributed by atoms with van der Waals surface area (Å²) in [6.07, 6.45) is 0. The summed E-state index contributed by atoms with van der Waals surface area (Å²) in [6, 6.07) is 21.4. The van der Waals surface area contributed by atoms with Crippen LogP contribution >= 0.6 is 0 Å². The standard InChI is InChI=1S/C26H24N2O5/c1-31-21-10-8-20(9-11-21)28(26(30)18-13-22(32-2)15-23(14-18)33-3)16-19-12-17-6-4-5-7-24(17)27-25(19)29/h4-15H,16H2,1-3H3,(H,27,29). The van der Waals surface area contributed by atoms with Gasteiger partial charge in [0.15, 0.2) is 0 Å². The molecule has 0 bridgehead atoms. The predicted octanol–water partition coefficient (Wildman–Crippen LogP) is 4.40. The SMILES string of the molecule is COc1ccc(N(Cc2cc3ccccc3[nH]c2=O)C(=O)c2cc(OC)cc(OC)c2)cc1. The lowest BCUT2D eigenvalue weighted by Gasteiger charge is -2.24. The van der Waals surface area contributed by atoms with E-state index in [-0.39, 0.29) is 18.0 Å². The number of para-hydroxylation sites is 1. The molecule has 1 N–H and O–H groups in total. The fourth-order valence-corrected chi connectivity index (χ4v) is 3.61. The molecule has 7 nitrogen and oxygen atoms in total. The number of nitrogens with zero attached hydrogens (tertiary/aromatic N) is 1. The number of carbonyl (C=O) groups excluding carboxylic acids is 1. The minimum Gasteiger partial charge on any atom is -0.497 e. The number of methoxy groups -OCH3 is 3. The number of benzene rings is 3. The van der Waals surface area contributed by atoms with Gasteiger partial charge in [-0.2, -0.15) is 0 Å². The van der Waals surface area contributed by atoms with Gasteiger partial charge < -0.3 is 24.1 Å². The van der Waals surface area contributed by atoms with Crippen molar-refractivity contribution in [3.05, 3.63) is 94.3 Å². The molecule has 1 amide bonds. The Kier molecular flexibility index (Phi) is 6.31. The van der Waals surface area contributed by atoms with Gasteiger partial charge in [-0.3, -0.25) is 9.59 Å². The van der Waals surface area contributed by atoms with Crippen molar-refractivity contribution >= 4 is 22.5 Å². The number of fused-ring (bicyclic) bond motifs is 1. The first-order valence-corrected chi connectivity index (χ1v) is 10.3. The third kappa shape index (κ3) is 4.67. The van der Waals surface area contributed by atoms with Crippen molar-refractivity contribution in [1.82, 2.24) is 4.98 Å². The fraction of sp³-hybridized carbons (Fsp3) is 0.154. The van der Waals surface area contributed by atoms with Crippen molar-refractivity contribution in [2.45, 2.75) is 6.54 Å². The van der Waals surface area contributed by atoms with Crippen LogP contribution in [-0.2, 0) is 6.54 Å². The van der Waals surface area contributed by atoms with Gasteiger partial charge in [-0.25, -0.2) is 0 Å². The molecule has 0 aliphatic rings. The van der Waals surface area contributed by atoms with Crippen LogP contribution in [0.15, 0.2) is 77.6 Å². The quantitative estimate of drug-likeness (QED) is 0.457. The van der Waals surface area contributed by atoms with Crippen molar-refractivity contribution in [1.29, 1.82) is 0 Å². The molecule has 1 aromatic heterocycles. The smallest absolute Gasteiger partial charge is 0.258 e. The van der Waals surface area contributed by atoms with Crippen molar-refractivity contribution < 1.29 is 19.0 Å². The highest BCUT2D eigenvalue weighted by Gasteiger charge is 2.21. The third-order valence-corrected chi connectivity index (χ3v) is 5.39. The Hall–Kier alpha value is -4.26. The van der Waals surface area contributed by atoms with E-state index in [1.807, 2.05) is 30.3 Å². The second-order valence-electron chi connectivity index (χ2n) is 7.40. The topological polar surface area (TPSA) is 80.9 Å². The number of aromatic amines is 1. The van der Waals surface area contributed by atoms with Gasteiger partial charge in [0.1, 0.15) is 17.2 Å². The van der Waals surface area contributed by atoms with Crippen LogP contribution in [-0.4, -0.2) is 32.2 Å². The van der Waals surface area contributed by atoms with E-state index >= 15 is 0 Å². The highest BCUT2D eigenvalue weighted by Crippen LogP contribution is 2.27. The van der Waals surface area contributed by atoms with Crippen LogP contribution in [0.4, 0.5) is 5.69 Å². The van der Waals surface area contributed by atoms with E-state index < -0.39 is 0 Å². The molecule has 0 saturated carbocycles. The van der Waals surface area contributed by atoms with Gasteiger partial charge >= 0.3 is 0 Å². The largest absolute Gasteiger partial charge is 0.497 e. The first-order valence-electron chi connectivity index (χ1n) is 10.3. The Bertz CT molecular complexity index is 1320. The van der Waals surface area contributed by atoms with Crippen molar-refractivity contribution in [2.24, 2.45) is 0 Å². The minimum absolute atomic E-state index is 0.0743. The summed E-state index contributed by atoms with van der Waals surface area (Å²) >= 11 is 0. The molecular weight excluding hydrogens is 420 g/mol. The Balaban J connectivity index is 1.79. The number of ether oxygens (including phenoxy) is 3. The Morgan fingerprint density at radius 2 is 1.45 bits per heavy atom. The number of aromatic nitrogens is 1. The molecule has 1 heterocycles. The summed E-state index contributed by atoms with van der Waals surface area (Å²) in [6.45, 7) is 0.0743. The van der Waals surface area contributed by atoms with E-state index in [0.29, 0.717) is 34.1 Å². The molecule has 0 unspecified atom stereocenters. The Morgan fingerprint density at radius 3 is 2.09 bits per heavy atom. The van der Waals surface area contributed by atoms with Crippen molar-refractivity contribution in [3.63, 3.8) is 0 Å². The van der Waals surface area contributed by atoms with E-state index in [2.05, 4.69) is 4.98 Å². The molecule has 0 spiro atoms. The van der Waals surface area contributed by atoms with Crippen LogP contribution in [0.25, 0.3) is 10.9 Å². The number of rotatable bonds is 7. The highest BCUT2D eigenvalue weighted by molar-refractivity contribution is 6.06. The van der Waals surface area contributed by atoms with Gasteiger partial charge in [-0.05, 0) is 53.9 Å². The van der Waals surface area contributed by atoms with E-state index in [4.69, 9.17) is 14.2 Å². The zero-order chi connectivity index (χ0) is 23.4. The zero-order valence-electron chi connectivity index (χ0n) is 18.6. The molecule has 3 aromatic carbocycles. The lowest BCUT2D eigenvalue weighted by molar-refractivity contribution is 0.0984. The molecule has 33 heavy (non-hydrogen) atoms. The zero-order valence-corrected chi connectivity index (χ0v) is 18.6. The number of anilines is 1. The fourth-order valence-electron chi connectivity index (χ4n) is 3.61. The van der Waals surface area contributed by atoms with Crippen LogP contribution < -0.4 is 24.7 Å². The number of hydrogen-bond donors (Lipinski definition) is 1. The maximum atomic E-state index is 13.7. The molecule has 4 rings (SSSR count). The van der Waals surface area contributed by atoms with Crippen molar-refractivity contribution in [2.75, 3.05) is 26.2 Å². The summed E-state index contributed by atoms with van der Waals surface area (Å²) in [7, 11) is 4.63. The summed E-state index contributed by atoms with van der Waals surface area (Å²) in [5.41, 5.74) is 1.96. The van der Waals surface area contributed by atoms with Gasteiger partial charge in [0.25, 0.3) is 11.5 Å². The van der Waals surface area contributed by atoms with Gasteiger partial charge in [0.05, 0.1) is 27.9 Å². The number of amides is 1. The van der Waals surface area contributed by atoms with E-state index in [9.17, 15) is 9.59 Å². The van der Waals surface area contributed by atoms with Crippen LogP contribution in [0.3, 0.4) is 0 Å². The molecule has 0 aliphatic heterocycles. The average Bonchev–Trinajstić information content (AvgIpc) is 2.86. The molecular formula is C26H24N2O5. The average molecular weight is 444 g/mol. The summed E-state index contributed by atoms with van der Waals surface area (Å²) < 4.78 is 15.9. The maximum Gasteiger partial charge on any atom is 0.258 e. The molecule has 7 heteroatoms. The lowest BCUT2D eigenvalue weighted by atomic mass is 10.1. The second-order valence-corrected chi connectivity index (χ2v) is 7.40. The molecule has 0 aliphatic carbocycles. The number of nitrogens with one attached hydrogen (secondary N) is 1. The van der Waals surface area contributed by atoms with E-state index in [1.54, 1.807) is 54.5 Å². The number of hydrogen-bond acceptors (Lipinski definition) is 5. The molecule has 168 valence electrons. The molecule has 0 saturated heterocycles. The third-order valence-electron chi connectivity index (χ3n) is 5.39. The summed E-state index contributed by atoms with van der Waals surface area (Å²) in [4.78, 5) is 30.9. The van der Waals surface area contributed by atoms with Gasteiger partial charge in [-0.1, -0.05) is 18.2 Å². The van der Waals surface area contributed by atoms with E-state index in [0.717, 1.165) is 10.9 Å². The first-order chi connectivity index (χ1) is 16.0. The van der Waals surface area contributed by atoms with Crippen LogP contribution in [0.1, 0.15) is 15.9 Å². The molecule has 0 radical (unpaired) electrons. The number of H-pyrrole nitrogens is 1. The number of carbonyl (C=O) groups is 1. The van der Waals surface area contributed by atoms with Gasteiger partial charge in [0.2, 0.25) is 0 Å². The highest BCUT2D eigenvalue weighted by atomic mass is 16.5. The monoisotopic (exact) mass is 444 g/mol. The predicted molar refractivity (Wildman–Crippen MR) is 128 cm³/mol. The minimum atomic E-state index is -0.301. The first kappa shape index (κ1) is 22.0. The molecule has 0 fully saturated rings. The summed E-state index contributed by atoms with van der Waals surface area (Å²) in [5.74, 6) is 1.36. The van der Waals surface area contributed by atoms with Gasteiger partial charge in [0, 0.05) is 28.4 Å².